The molecule has 1 aromatic rings. The van der Waals surface area contributed by atoms with Gasteiger partial charge in [-0.2, -0.15) is 22.0 Å². The fourth-order valence-electron chi connectivity index (χ4n) is 1.51. The topological polar surface area (TPSA) is 26.0 Å². The zero-order valence-electron chi connectivity index (χ0n) is 9.58. The summed E-state index contributed by atoms with van der Waals surface area (Å²) in [5.74, 6) is -4.96. The zero-order chi connectivity index (χ0) is 14.3. The molecule has 1 unspecified atom stereocenters. The van der Waals surface area contributed by atoms with Gasteiger partial charge in [0.2, 0.25) is 0 Å². The summed E-state index contributed by atoms with van der Waals surface area (Å²) in [4.78, 5) is 0. The van der Waals surface area contributed by atoms with Crippen LogP contribution in [0.15, 0.2) is 16.6 Å². The highest BCUT2D eigenvalue weighted by molar-refractivity contribution is 9.10. The average Bonchev–Trinajstić information content (AvgIpc) is 2.20. The minimum absolute atomic E-state index is 0.210. The molecule has 1 atom stereocenters. The van der Waals surface area contributed by atoms with Crippen molar-refractivity contribution in [1.82, 2.24) is 0 Å². The molecule has 0 fully saturated rings. The minimum Gasteiger partial charge on any atom is -0.319 e. The number of halogens is 6. The molecular weight excluding hydrogens is 321 g/mol. The molecule has 0 heterocycles. The molecule has 7 heteroatoms. The predicted octanol–water partition coefficient (Wildman–Crippen LogP) is 4.26. The van der Waals surface area contributed by atoms with Gasteiger partial charge in [0.25, 0.3) is 0 Å². The van der Waals surface area contributed by atoms with Crippen molar-refractivity contribution < 1.29 is 22.0 Å². The summed E-state index contributed by atoms with van der Waals surface area (Å²) in [5, 5.41) is 0. The fourth-order valence-corrected chi connectivity index (χ4v) is 1.97. The Morgan fingerprint density at radius 3 is 2.00 bits per heavy atom. The van der Waals surface area contributed by atoms with E-state index in [1.807, 2.05) is 0 Å². The molecule has 1 aromatic carbocycles. The van der Waals surface area contributed by atoms with Crippen LogP contribution in [0.2, 0.25) is 0 Å². The SMILES string of the molecule is Cc1cc(C(N)C(F)(F)C(F)(F)F)c(C)cc1Br. The molecule has 0 amide bonds. The lowest BCUT2D eigenvalue weighted by Crippen LogP contribution is -2.46. The van der Waals surface area contributed by atoms with Crippen LogP contribution in [0.4, 0.5) is 22.0 Å². The molecule has 2 N–H and O–H groups in total. The van der Waals surface area contributed by atoms with Gasteiger partial charge in [0.05, 0.1) is 0 Å². The summed E-state index contributed by atoms with van der Waals surface area (Å²) in [6.45, 7) is 3.03. The van der Waals surface area contributed by atoms with E-state index in [0.29, 0.717) is 10.0 Å². The second-order valence-corrected chi connectivity index (χ2v) is 4.91. The third-order valence-electron chi connectivity index (χ3n) is 2.65. The van der Waals surface area contributed by atoms with Crippen molar-refractivity contribution in [3.63, 3.8) is 0 Å². The van der Waals surface area contributed by atoms with Crippen LogP contribution in [0.3, 0.4) is 0 Å². The first-order valence-electron chi connectivity index (χ1n) is 4.95. The summed E-state index contributed by atoms with van der Waals surface area (Å²) < 4.78 is 63.7. The smallest absolute Gasteiger partial charge is 0.319 e. The molecule has 18 heavy (non-hydrogen) atoms. The normalized spacial score (nSPS) is 14.7. The Morgan fingerprint density at radius 2 is 1.56 bits per heavy atom. The molecule has 0 saturated heterocycles. The predicted molar refractivity (Wildman–Crippen MR) is 61.5 cm³/mol. The van der Waals surface area contributed by atoms with Gasteiger partial charge in [-0.3, -0.25) is 0 Å². The van der Waals surface area contributed by atoms with Gasteiger partial charge in [-0.1, -0.05) is 22.0 Å². The van der Waals surface area contributed by atoms with Gasteiger partial charge in [-0.25, -0.2) is 0 Å². The Labute approximate surface area is 109 Å². The first-order chi connectivity index (χ1) is 7.98. The molecule has 0 saturated carbocycles. The first-order valence-corrected chi connectivity index (χ1v) is 5.74. The van der Waals surface area contributed by atoms with E-state index in [0.717, 1.165) is 0 Å². The summed E-state index contributed by atoms with van der Waals surface area (Å²) in [6, 6.07) is 0.296. The Kier molecular flexibility index (Phi) is 4.07. The van der Waals surface area contributed by atoms with Gasteiger partial charge in [-0.15, -0.1) is 0 Å². The molecule has 0 spiro atoms. The van der Waals surface area contributed by atoms with Crippen molar-refractivity contribution in [3.05, 3.63) is 33.3 Å². The van der Waals surface area contributed by atoms with Gasteiger partial charge in [0.1, 0.15) is 6.04 Å². The number of aryl methyl sites for hydroxylation is 2. The Bertz CT molecular complexity index is 455. The standard InChI is InChI=1S/C11H11BrF5N/c1-5-4-8(12)6(2)3-7(5)9(18)10(13,14)11(15,16)17/h3-4,9H,18H2,1-2H3. The van der Waals surface area contributed by atoms with Crippen LogP contribution in [-0.2, 0) is 0 Å². The molecule has 0 radical (unpaired) electrons. The average molecular weight is 332 g/mol. The third-order valence-corrected chi connectivity index (χ3v) is 3.51. The molecule has 1 nitrogen and oxygen atoms in total. The Hall–Kier alpha value is -0.690. The van der Waals surface area contributed by atoms with E-state index in [1.165, 1.54) is 19.1 Å². The van der Waals surface area contributed by atoms with Gasteiger partial charge >= 0.3 is 12.1 Å². The lowest BCUT2D eigenvalue weighted by Gasteiger charge is -2.27. The van der Waals surface area contributed by atoms with E-state index in [-0.39, 0.29) is 11.1 Å². The summed E-state index contributed by atoms with van der Waals surface area (Å²) in [5.41, 5.74) is 5.71. The fraction of sp³-hybridized carbons (Fsp3) is 0.455. The zero-order valence-corrected chi connectivity index (χ0v) is 11.2. The van der Waals surface area contributed by atoms with E-state index in [2.05, 4.69) is 15.9 Å². The van der Waals surface area contributed by atoms with Crippen LogP contribution in [-0.4, -0.2) is 12.1 Å². The maximum atomic E-state index is 13.2. The second-order valence-electron chi connectivity index (χ2n) is 4.06. The van der Waals surface area contributed by atoms with E-state index < -0.39 is 18.1 Å². The summed E-state index contributed by atoms with van der Waals surface area (Å²) >= 11 is 3.17. The van der Waals surface area contributed by atoms with Crippen molar-refractivity contribution in [2.75, 3.05) is 0 Å². The van der Waals surface area contributed by atoms with E-state index >= 15 is 0 Å². The monoisotopic (exact) mass is 331 g/mol. The van der Waals surface area contributed by atoms with Crippen LogP contribution < -0.4 is 5.73 Å². The van der Waals surface area contributed by atoms with Crippen LogP contribution in [0, 0.1) is 13.8 Å². The molecule has 0 aliphatic carbocycles. The lowest BCUT2D eigenvalue weighted by atomic mass is 9.95. The highest BCUT2D eigenvalue weighted by Crippen LogP contribution is 2.44. The molecule has 0 aliphatic rings. The van der Waals surface area contributed by atoms with Crippen molar-refractivity contribution in [1.29, 1.82) is 0 Å². The number of benzene rings is 1. The Morgan fingerprint density at radius 1 is 1.06 bits per heavy atom. The Balaban J connectivity index is 3.27. The number of hydrogen-bond acceptors (Lipinski definition) is 1. The van der Waals surface area contributed by atoms with Crippen molar-refractivity contribution in [2.24, 2.45) is 5.73 Å². The maximum absolute atomic E-state index is 13.2. The minimum atomic E-state index is -5.67. The third kappa shape index (κ3) is 2.66. The van der Waals surface area contributed by atoms with Crippen LogP contribution in [0.5, 0.6) is 0 Å². The molecule has 102 valence electrons. The summed E-state index contributed by atoms with van der Waals surface area (Å²) in [7, 11) is 0. The van der Waals surface area contributed by atoms with Gasteiger partial charge in [0, 0.05) is 4.47 Å². The molecule has 1 rings (SSSR count). The van der Waals surface area contributed by atoms with Crippen LogP contribution >= 0.6 is 15.9 Å². The van der Waals surface area contributed by atoms with E-state index in [1.54, 1.807) is 6.92 Å². The number of rotatable bonds is 2. The van der Waals surface area contributed by atoms with Gasteiger partial charge in [-0.05, 0) is 36.6 Å². The van der Waals surface area contributed by atoms with E-state index in [9.17, 15) is 22.0 Å². The van der Waals surface area contributed by atoms with Crippen molar-refractivity contribution >= 4 is 15.9 Å². The van der Waals surface area contributed by atoms with Crippen molar-refractivity contribution in [3.8, 4) is 0 Å². The first kappa shape index (κ1) is 15.4. The van der Waals surface area contributed by atoms with Crippen molar-refractivity contribution in [2.45, 2.75) is 32.0 Å². The highest BCUT2D eigenvalue weighted by atomic mass is 79.9. The molecule has 0 aromatic heterocycles. The maximum Gasteiger partial charge on any atom is 0.455 e. The molecule has 0 bridgehead atoms. The number of hydrogen-bond donors (Lipinski definition) is 1. The molecule has 0 aliphatic heterocycles. The highest BCUT2D eigenvalue weighted by Gasteiger charge is 2.61. The number of alkyl halides is 5. The molecular formula is C11H11BrF5N. The van der Waals surface area contributed by atoms with Crippen LogP contribution in [0.25, 0.3) is 0 Å². The lowest BCUT2D eigenvalue weighted by molar-refractivity contribution is -0.291. The van der Waals surface area contributed by atoms with Crippen LogP contribution in [0.1, 0.15) is 22.7 Å². The largest absolute Gasteiger partial charge is 0.455 e. The number of nitrogens with two attached hydrogens (primary N) is 1. The second kappa shape index (κ2) is 4.77. The van der Waals surface area contributed by atoms with Gasteiger partial charge < -0.3 is 5.73 Å². The quantitative estimate of drug-likeness (QED) is 0.805. The van der Waals surface area contributed by atoms with E-state index in [4.69, 9.17) is 5.73 Å². The van der Waals surface area contributed by atoms with Gasteiger partial charge in [0.15, 0.2) is 0 Å². The summed E-state index contributed by atoms with van der Waals surface area (Å²) in [6.07, 6.45) is -5.67.